The van der Waals surface area contributed by atoms with Crippen LogP contribution in [0.3, 0.4) is 0 Å². The number of pyridine rings is 1. The Balaban J connectivity index is 2.32. The summed E-state index contributed by atoms with van der Waals surface area (Å²) in [6.45, 7) is 2.87. The third kappa shape index (κ3) is 2.88. The molecule has 0 spiro atoms. The minimum Gasteiger partial charge on any atom is -0.305 e. The summed E-state index contributed by atoms with van der Waals surface area (Å²) in [4.78, 5) is 4.34. The molecule has 1 atom stereocenters. The van der Waals surface area contributed by atoms with Gasteiger partial charge in [-0.2, -0.15) is 0 Å². The van der Waals surface area contributed by atoms with E-state index >= 15 is 0 Å². The Morgan fingerprint density at radius 3 is 2.53 bits per heavy atom. The Hall–Kier alpha value is -1.74. The molecule has 1 heterocycles. The Kier molecular flexibility index (Phi) is 3.83. The molecule has 0 aliphatic heterocycles. The van der Waals surface area contributed by atoms with Crippen molar-refractivity contribution in [3.63, 3.8) is 0 Å². The van der Waals surface area contributed by atoms with Gasteiger partial charge in [0.1, 0.15) is 5.82 Å². The summed E-state index contributed by atoms with van der Waals surface area (Å²) in [5, 5.41) is 3.35. The molecule has 0 aliphatic carbocycles. The maximum absolute atomic E-state index is 12.9. The van der Waals surface area contributed by atoms with Crippen molar-refractivity contribution in [2.75, 3.05) is 6.54 Å². The monoisotopic (exact) mass is 230 g/mol. The first-order valence-corrected chi connectivity index (χ1v) is 5.71. The molecule has 0 saturated carbocycles. The number of benzene rings is 1. The van der Waals surface area contributed by atoms with E-state index in [1.807, 2.05) is 25.1 Å². The highest BCUT2D eigenvalue weighted by molar-refractivity contribution is 5.27. The molecule has 1 N–H and O–H groups in total. The number of hydrogen-bond acceptors (Lipinski definition) is 2. The fourth-order valence-corrected chi connectivity index (χ4v) is 1.80. The van der Waals surface area contributed by atoms with Gasteiger partial charge in [-0.15, -0.1) is 0 Å². The van der Waals surface area contributed by atoms with Crippen molar-refractivity contribution >= 4 is 0 Å². The highest BCUT2D eigenvalue weighted by Crippen LogP contribution is 2.20. The zero-order chi connectivity index (χ0) is 12.1. The molecule has 0 saturated heterocycles. The normalized spacial score (nSPS) is 12.4. The lowest BCUT2D eigenvalue weighted by Crippen LogP contribution is -2.22. The third-order valence-corrected chi connectivity index (χ3v) is 2.60. The van der Waals surface area contributed by atoms with E-state index in [4.69, 9.17) is 0 Å². The lowest BCUT2D eigenvalue weighted by Gasteiger charge is -2.17. The van der Waals surface area contributed by atoms with Crippen molar-refractivity contribution in [2.45, 2.75) is 13.0 Å². The highest BCUT2D eigenvalue weighted by Gasteiger charge is 2.13. The molecule has 1 unspecified atom stereocenters. The Labute approximate surface area is 101 Å². The summed E-state index contributed by atoms with van der Waals surface area (Å²) in [5.74, 6) is -0.218. The van der Waals surface area contributed by atoms with E-state index < -0.39 is 0 Å². The molecule has 17 heavy (non-hydrogen) atoms. The second kappa shape index (κ2) is 5.55. The van der Waals surface area contributed by atoms with E-state index in [0.29, 0.717) is 0 Å². The molecular weight excluding hydrogens is 215 g/mol. The topological polar surface area (TPSA) is 24.9 Å². The van der Waals surface area contributed by atoms with Gasteiger partial charge in [-0.25, -0.2) is 4.39 Å². The molecule has 0 amide bonds. The van der Waals surface area contributed by atoms with Gasteiger partial charge in [-0.1, -0.05) is 25.1 Å². The molecule has 0 bridgehead atoms. The zero-order valence-corrected chi connectivity index (χ0v) is 9.73. The average molecular weight is 230 g/mol. The maximum atomic E-state index is 12.9. The molecule has 2 aromatic rings. The standard InChI is InChI=1S/C14H15FN2/c1-2-16-14(13-5-3-4-10-17-13)11-6-8-12(15)9-7-11/h3-10,14,16H,2H2,1H3. The number of nitrogens with zero attached hydrogens (tertiary/aromatic N) is 1. The van der Waals surface area contributed by atoms with Gasteiger partial charge < -0.3 is 5.32 Å². The van der Waals surface area contributed by atoms with Gasteiger partial charge in [0.2, 0.25) is 0 Å². The van der Waals surface area contributed by atoms with Gasteiger partial charge in [-0.3, -0.25) is 4.98 Å². The summed E-state index contributed by atoms with van der Waals surface area (Å²) in [7, 11) is 0. The quantitative estimate of drug-likeness (QED) is 0.873. The van der Waals surface area contributed by atoms with Crippen molar-refractivity contribution in [1.29, 1.82) is 0 Å². The van der Waals surface area contributed by atoms with Crippen LogP contribution in [0.15, 0.2) is 48.7 Å². The second-order valence-electron chi connectivity index (χ2n) is 3.80. The largest absolute Gasteiger partial charge is 0.305 e. The van der Waals surface area contributed by atoms with E-state index in [9.17, 15) is 4.39 Å². The van der Waals surface area contributed by atoms with Crippen LogP contribution in [0.4, 0.5) is 4.39 Å². The third-order valence-electron chi connectivity index (χ3n) is 2.60. The average Bonchev–Trinajstić information content (AvgIpc) is 2.38. The van der Waals surface area contributed by atoms with E-state index in [1.54, 1.807) is 18.3 Å². The number of nitrogens with one attached hydrogen (secondary N) is 1. The first-order valence-electron chi connectivity index (χ1n) is 5.71. The van der Waals surface area contributed by atoms with Gasteiger partial charge in [0, 0.05) is 6.20 Å². The molecule has 2 rings (SSSR count). The molecular formula is C14H15FN2. The van der Waals surface area contributed by atoms with E-state index in [-0.39, 0.29) is 11.9 Å². The van der Waals surface area contributed by atoms with Crippen LogP contribution in [0.2, 0.25) is 0 Å². The lowest BCUT2D eigenvalue weighted by molar-refractivity contribution is 0.605. The minimum absolute atomic E-state index is 0.0156. The first kappa shape index (κ1) is 11.7. The van der Waals surface area contributed by atoms with E-state index in [1.165, 1.54) is 12.1 Å². The van der Waals surface area contributed by atoms with Crippen molar-refractivity contribution in [2.24, 2.45) is 0 Å². The van der Waals surface area contributed by atoms with Gasteiger partial charge in [0.15, 0.2) is 0 Å². The second-order valence-corrected chi connectivity index (χ2v) is 3.80. The highest BCUT2D eigenvalue weighted by atomic mass is 19.1. The number of rotatable bonds is 4. The summed E-state index contributed by atoms with van der Waals surface area (Å²) in [5.41, 5.74) is 1.97. The van der Waals surface area contributed by atoms with Crippen molar-refractivity contribution in [3.05, 3.63) is 65.7 Å². The van der Waals surface area contributed by atoms with Gasteiger partial charge in [0.25, 0.3) is 0 Å². The van der Waals surface area contributed by atoms with Crippen LogP contribution in [0.5, 0.6) is 0 Å². The summed E-state index contributed by atoms with van der Waals surface area (Å²) < 4.78 is 12.9. The molecule has 2 nitrogen and oxygen atoms in total. The van der Waals surface area contributed by atoms with E-state index in [0.717, 1.165) is 17.8 Å². The Morgan fingerprint density at radius 1 is 1.18 bits per heavy atom. The van der Waals surface area contributed by atoms with Gasteiger partial charge in [0.05, 0.1) is 11.7 Å². The molecule has 3 heteroatoms. The molecule has 88 valence electrons. The number of aromatic nitrogens is 1. The lowest BCUT2D eigenvalue weighted by atomic mass is 10.0. The van der Waals surface area contributed by atoms with Crippen molar-refractivity contribution in [3.8, 4) is 0 Å². The predicted molar refractivity (Wildman–Crippen MR) is 66.2 cm³/mol. The maximum Gasteiger partial charge on any atom is 0.123 e. The molecule has 1 aromatic carbocycles. The van der Waals surface area contributed by atoms with E-state index in [2.05, 4.69) is 10.3 Å². The minimum atomic E-state index is -0.218. The van der Waals surface area contributed by atoms with Crippen LogP contribution in [0.1, 0.15) is 24.2 Å². The summed E-state index contributed by atoms with van der Waals surface area (Å²) in [6.07, 6.45) is 1.77. The van der Waals surface area contributed by atoms with Gasteiger partial charge in [-0.05, 0) is 36.4 Å². The Morgan fingerprint density at radius 2 is 1.94 bits per heavy atom. The Bertz CT molecular complexity index is 453. The molecule has 0 aliphatic rings. The molecule has 0 radical (unpaired) electrons. The fourth-order valence-electron chi connectivity index (χ4n) is 1.80. The van der Waals surface area contributed by atoms with Crippen LogP contribution in [-0.4, -0.2) is 11.5 Å². The number of halogens is 1. The zero-order valence-electron chi connectivity index (χ0n) is 9.73. The SMILES string of the molecule is CCNC(c1ccc(F)cc1)c1ccccn1. The van der Waals surface area contributed by atoms with Crippen molar-refractivity contribution < 1.29 is 4.39 Å². The fraction of sp³-hybridized carbons (Fsp3) is 0.214. The van der Waals surface area contributed by atoms with Crippen LogP contribution >= 0.6 is 0 Å². The van der Waals surface area contributed by atoms with Crippen molar-refractivity contribution in [1.82, 2.24) is 10.3 Å². The summed E-state index contributed by atoms with van der Waals surface area (Å²) in [6, 6.07) is 12.4. The molecule has 0 fully saturated rings. The molecule has 1 aromatic heterocycles. The van der Waals surface area contributed by atoms with Crippen LogP contribution in [0.25, 0.3) is 0 Å². The summed E-state index contributed by atoms with van der Waals surface area (Å²) >= 11 is 0. The smallest absolute Gasteiger partial charge is 0.123 e. The van der Waals surface area contributed by atoms with Crippen LogP contribution in [0, 0.1) is 5.82 Å². The van der Waals surface area contributed by atoms with Crippen LogP contribution < -0.4 is 5.32 Å². The predicted octanol–water partition coefficient (Wildman–Crippen LogP) is 2.92. The van der Waals surface area contributed by atoms with Crippen LogP contribution in [-0.2, 0) is 0 Å². The first-order chi connectivity index (χ1) is 8.31. The van der Waals surface area contributed by atoms with Gasteiger partial charge >= 0.3 is 0 Å². The number of hydrogen-bond donors (Lipinski definition) is 1.